The van der Waals surface area contributed by atoms with Crippen LogP contribution in [0.2, 0.25) is 5.02 Å². The highest BCUT2D eigenvalue weighted by molar-refractivity contribution is 6.64. The second kappa shape index (κ2) is 4.65. The minimum atomic E-state index is -0.450. The Bertz CT molecular complexity index is 476. The Balaban J connectivity index is 2.43. The molecule has 2 heterocycles. The first-order valence-electron chi connectivity index (χ1n) is 6.32. The van der Waals surface area contributed by atoms with Crippen LogP contribution >= 0.6 is 11.6 Å². The average molecular weight is 283 g/mol. The van der Waals surface area contributed by atoms with Gasteiger partial charge in [-0.2, -0.15) is 0 Å². The molecule has 2 rings (SSSR count). The lowest BCUT2D eigenvalue weighted by molar-refractivity contribution is 0.00578. The second-order valence-corrected chi connectivity index (χ2v) is 6.45. The lowest BCUT2D eigenvalue weighted by atomic mass is 9.79. The SMILES string of the molecule is CN(C)c1c(Cl)cncc1B1OC(C)(C)C(C)(C)O1. The van der Waals surface area contributed by atoms with Crippen LogP contribution in [0.5, 0.6) is 0 Å². The third kappa shape index (κ3) is 2.47. The quantitative estimate of drug-likeness (QED) is 0.778. The highest BCUT2D eigenvalue weighted by atomic mass is 35.5. The molecule has 0 aliphatic carbocycles. The Hall–Kier alpha value is -0.775. The highest BCUT2D eigenvalue weighted by Crippen LogP contribution is 2.37. The van der Waals surface area contributed by atoms with Crippen LogP contribution in [0.15, 0.2) is 12.4 Å². The number of aromatic nitrogens is 1. The summed E-state index contributed by atoms with van der Waals surface area (Å²) >= 11 is 6.23. The highest BCUT2D eigenvalue weighted by Gasteiger charge is 2.52. The number of hydrogen-bond acceptors (Lipinski definition) is 4. The summed E-state index contributed by atoms with van der Waals surface area (Å²) in [6.07, 6.45) is 3.38. The first-order chi connectivity index (χ1) is 8.66. The topological polar surface area (TPSA) is 34.6 Å². The van der Waals surface area contributed by atoms with E-state index in [4.69, 9.17) is 20.9 Å². The van der Waals surface area contributed by atoms with Gasteiger partial charge in [0.2, 0.25) is 0 Å². The molecule has 0 atom stereocenters. The molecule has 19 heavy (non-hydrogen) atoms. The molecule has 0 unspecified atom stereocenters. The van der Waals surface area contributed by atoms with E-state index in [0.717, 1.165) is 11.2 Å². The van der Waals surface area contributed by atoms with Gasteiger partial charge in [-0.05, 0) is 27.7 Å². The summed E-state index contributed by atoms with van der Waals surface area (Å²) in [5.41, 5.74) is 0.999. The van der Waals surface area contributed by atoms with Gasteiger partial charge in [-0.25, -0.2) is 0 Å². The molecular formula is C13H20BClN2O2. The van der Waals surface area contributed by atoms with E-state index in [1.165, 1.54) is 0 Å². The van der Waals surface area contributed by atoms with Crippen LogP contribution in [0.3, 0.4) is 0 Å². The first-order valence-corrected chi connectivity index (χ1v) is 6.70. The Labute approximate surface area is 120 Å². The van der Waals surface area contributed by atoms with Crippen LogP contribution in [0.1, 0.15) is 27.7 Å². The molecule has 0 N–H and O–H groups in total. The van der Waals surface area contributed by atoms with Crippen molar-refractivity contribution >= 4 is 29.9 Å². The summed E-state index contributed by atoms with van der Waals surface area (Å²) in [5, 5.41) is 0.595. The van der Waals surface area contributed by atoms with Crippen LogP contribution in [0, 0.1) is 0 Å². The molecule has 0 saturated carbocycles. The molecule has 1 saturated heterocycles. The molecule has 0 bridgehead atoms. The van der Waals surface area contributed by atoms with Crippen molar-refractivity contribution in [1.29, 1.82) is 0 Å². The summed E-state index contributed by atoms with van der Waals surface area (Å²) in [7, 11) is 3.43. The fraction of sp³-hybridized carbons (Fsp3) is 0.615. The van der Waals surface area contributed by atoms with E-state index in [0.29, 0.717) is 5.02 Å². The van der Waals surface area contributed by atoms with Crippen LogP contribution < -0.4 is 10.4 Å². The van der Waals surface area contributed by atoms with Crippen molar-refractivity contribution in [1.82, 2.24) is 4.98 Å². The molecule has 1 fully saturated rings. The molecule has 0 aromatic carbocycles. The normalized spacial score (nSPS) is 20.7. The first kappa shape index (κ1) is 14.6. The van der Waals surface area contributed by atoms with E-state index in [1.807, 2.05) is 46.7 Å². The fourth-order valence-electron chi connectivity index (χ4n) is 2.06. The zero-order chi connectivity index (χ0) is 14.4. The smallest absolute Gasteiger partial charge is 0.399 e. The summed E-state index contributed by atoms with van der Waals surface area (Å²) in [6, 6.07) is 0. The summed E-state index contributed by atoms with van der Waals surface area (Å²) in [6.45, 7) is 8.11. The molecule has 1 aromatic heterocycles. The van der Waals surface area contributed by atoms with Crippen molar-refractivity contribution in [3.8, 4) is 0 Å². The largest absolute Gasteiger partial charge is 0.498 e. The van der Waals surface area contributed by atoms with E-state index >= 15 is 0 Å². The van der Waals surface area contributed by atoms with E-state index in [2.05, 4.69) is 4.98 Å². The molecule has 104 valence electrons. The molecular weight excluding hydrogens is 262 g/mol. The minimum absolute atomic E-state index is 0.371. The molecule has 1 aliphatic rings. The zero-order valence-corrected chi connectivity index (χ0v) is 13.1. The van der Waals surface area contributed by atoms with Crippen LogP contribution in [0.4, 0.5) is 5.69 Å². The number of halogens is 1. The van der Waals surface area contributed by atoms with E-state index in [1.54, 1.807) is 12.4 Å². The van der Waals surface area contributed by atoms with Gasteiger partial charge in [-0.1, -0.05) is 11.6 Å². The maximum absolute atomic E-state index is 6.23. The van der Waals surface area contributed by atoms with E-state index in [-0.39, 0.29) is 11.2 Å². The third-order valence-electron chi connectivity index (χ3n) is 3.86. The van der Waals surface area contributed by atoms with Gasteiger partial charge >= 0.3 is 7.12 Å². The van der Waals surface area contributed by atoms with Crippen molar-refractivity contribution in [2.45, 2.75) is 38.9 Å². The number of nitrogens with zero attached hydrogens (tertiary/aromatic N) is 2. The van der Waals surface area contributed by atoms with E-state index < -0.39 is 7.12 Å². The van der Waals surface area contributed by atoms with Crippen LogP contribution in [-0.4, -0.2) is 37.4 Å². The number of anilines is 1. The van der Waals surface area contributed by atoms with Gasteiger partial charge in [0.05, 0.1) is 21.9 Å². The van der Waals surface area contributed by atoms with Crippen molar-refractivity contribution < 1.29 is 9.31 Å². The van der Waals surface area contributed by atoms with Crippen molar-refractivity contribution in [3.63, 3.8) is 0 Å². The van der Waals surface area contributed by atoms with Gasteiger partial charge in [0.25, 0.3) is 0 Å². The molecule has 6 heteroatoms. The van der Waals surface area contributed by atoms with Crippen molar-refractivity contribution in [2.24, 2.45) is 0 Å². The number of rotatable bonds is 2. The predicted molar refractivity (Wildman–Crippen MR) is 79.3 cm³/mol. The monoisotopic (exact) mass is 282 g/mol. The predicted octanol–water partition coefficient (Wildman–Crippen LogP) is 2.10. The van der Waals surface area contributed by atoms with Gasteiger partial charge in [0.1, 0.15) is 0 Å². The molecule has 1 aromatic rings. The molecule has 0 amide bonds. The van der Waals surface area contributed by atoms with Crippen molar-refractivity contribution in [2.75, 3.05) is 19.0 Å². The van der Waals surface area contributed by atoms with E-state index in [9.17, 15) is 0 Å². The number of pyridine rings is 1. The third-order valence-corrected chi connectivity index (χ3v) is 4.13. The molecule has 4 nitrogen and oxygen atoms in total. The zero-order valence-electron chi connectivity index (χ0n) is 12.3. The van der Waals surface area contributed by atoms with Crippen molar-refractivity contribution in [3.05, 3.63) is 17.4 Å². The maximum Gasteiger partial charge on any atom is 0.498 e. The van der Waals surface area contributed by atoms with Crippen LogP contribution in [-0.2, 0) is 9.31 Å². The summed E-state index contributed by atoms with van der Waals surface area (Å²) in [4.78, 5) is 6.10. The lowest BCUT2D eigenvalue weighted by Gasteiger charge is -2.32. The summed E-state index contributed by atoms with van der Waals surface area (Å²) in [5.74, 6) is 0. The average Bonchev–Trinajstić information content (AvgIpc) is 2.47. The Kier molecular flexibility index (Phi) is 3.58. The van der Waals surface area contributed by atoms with Crippen LogP contribution in [0.25, 0.3) is 0 Å². The van der Waals surface area contributed by atoms with Gasteiger partial charge in [-0.15, -0.1) is 0 Å². The standard InChI is InChI=1S/C13H20BClN2O2/c1-12(2)13(3,4)19-14(18-12)9-7-16-8-10(15)11(9)17(5)6/h7-8H,1-6H3. The Morgan fingerprint density at radius 3 is 2.11 bits per heavy atom. The molecule has 0 spiro atoms. The minimum Gasteiger partial charge on any atom is -0.399 e. The number of hydrogen-bond donors (Lipinski definition) is 0. The summed E-state index contributed by atoms with van der Waals surface area (Å²) < 4.78 is 12.1. The van der Waals surface area contributed by atoms with Gasteiger partial charge in [-0.3, -0.25) is 4.98 Å². The molecule has 1 aliphatic heterocycles. The Morgan fingerprint density at radius 2 is 1.63 bits per heavy atom. The maximum atomic E-state index is 6.23. The second-order valence-electron chi connectivity index (χ2n) is 6.04. The van der Waals surface area contributed by atoms with Gasteiger partial charge in [0.15, 0.2) is 0 Å². The lowest BCUT2D eigenvalue weighted by Crippen LogP contribution is -2.41. The van der Waals surface area contributed by atoms with Gasteiger partial charge in [0, 0.05) is 32.0 Å². The Morgan fingerprint density at radius 1 is 1.11 bits per heavy atom. The van der Waals surface area contributed by atoms with Gasteiger partial charge < -0.3 is 14.2 Å². The fourth-order valence-corrected chi connectivity index (χ4v) is 2.39. The molecule has 0 radical (unpaired) electrons.